The summed E-state index contributed by atoms with van der Waals surface area (Å²) in [7, 11) is 0. The molecule has 0 fully saturated rings. The Labute approximate surface area is 64.3 Å². The highest BCUT2D eigenvalue weighted by Gasteiger charge is 1.91. The normalized spacial score (nSPS) is 12.1. The number of halogens is 2. The third kappa shape index (κ3) is 6.03. The van der Waals surface area contributed by atoms with Gasteiger partial charge in [-0.2, -0.15) is 0 Å². The van der Waals surface area contributed by atoms with Crippen molar-refractivity contribution in [1.82, 2.24) is 0 Å². The first-order valence-electron chi connectivity index (χ1n) is 3.26. The van der Waals surface area contributed by atoms with Crippen LogP contribution in [0, 0.1) is 0 Å². The summed E-state index contributed by atoms with van der Waals surface area (Å²) in [5.74, 6) is -0.0524. The first-order chi connectivity index (χ1) is 4.31. The molecule has 0 unspecified atom stereocenters. The predicted octanol–water partition coefficient (Wildman–Crippen LogP) is 3.77. The largest absolute Gasteiger partial charge is 0.211 e. The van der Waals surface area contributed by atoms with Crippen molar-refractivity contribution in [3.8, 4) is 0 Å². The molecule has 0 aromatic carbocycles. The van der Waals surface area contributed by atoms with Gasteiger partial charge in [-0.1, -0.05) is 35.7 Å². The Morgan fingerprint density at radius 2 is 2.22 bits per heavy atom. The maximum atomic E-state index is 12.3. The topological polar surface area (TPSA) is 0 Å². The zero-order chi connectivity index (χ0) is 7.11. The highest BCUT2D eigenvalue weighted by atomic mass is 79.9. The van der Waals surface area contributed by atoms with E-state index < -0.39 is 0 Å². The third-order valence-corrected chi connectivity index (χ3v) is 1.63. The summed E-state index contributed by atoms with van der Waals surface area (Å²) in [5, 5.41) is 0. The summed E-state index contributed by atoms with van der Waals surface area (Å²) >= 11 is 2.93. The second-order valence-corrected chi connectivity index (χ2v) is 2.47. The molecule has 0 bridgehead atoms. The second kappa shape index (κ2) is 6.27. The molecule has 2 heteroatoms. The van der Waals surface area contributed by atoms with E-state index in [2.05, 4.69) is 22.9 Å². The molecule has 54 valence electrons. The maximum absolute atomic E-state index is 12.3. The minimum atomic E-state index is -0.0524. The molecule has 0 aliphatic carbocycles. The van der Waals surface area contributed by atoms with Crippen LogP contribution in [-0.2, 0) is 0 Å². The van der Waals surface area contributed by atoms with E-state index in [1.807, 2.05) is 0 Å². The molecular weight excluding hydrogens is 183 g/mol. The molecule has 0 saturated carbocycles. The smallest absolute Gasteiger partial charge is 0.107 e. The van der Waals surface area contributed by atoms with Gasteiger partial charge in [-0.25, -0.2) is 4.39 Å². The maximum Gasteiger partial charge on any atom is 0.107 e. The number of hydrogen-bond donors (Lipinski definition) is 0. The summed E-state index contributed by atoms with van der Waals surface area (Å²) in [4.78, 5) is 1.35. The van der Waals surface area contributed by atoms with E-state index >= 15 is 0 Å². The summed E-state index contributed by atoms with van der Waals surface area (Å²) in [6.07, 6.45) is 3.81. The van der Waals surface area contributed by atoms with Crippen LogP contribution in [0.2, 0.25) is 0 Å². The van der Waals surface area contributed by atoms with Crippen molar-refractivity contribution >= 4 is 15.9 Å². The van der Waals surface area contributed by atoms with Crippen molar-refractivity contribution in [2.75, 3.05) is 0 Å². The summed E-state index contributed by atoms with van der Waals surface area (Å²) in [5.41, 5.74) is 0. The van der Waals surface area contributed by atoms with Crippen molar-refractivity contribution < 1.29 is 4.39 Å². The van der Waals surface area contributed by atoms with Gasteiger partial charge in [-0.05, 0) is 12.8 Å². The van der Waals surface area contributed by atoms with Crippen LogP contribution < -0.4 is 0 Å². The molecule has 0 spiro atoms. The molecule has 0 aliphatic heterocycles. The van der Waals surface area contributed by atoms with Crippen molar-refractivity contribution in [3.63, 3.8) is 0 Å². The number of hydrogen-bond acceptors (Lipinski definition) is 0. The summed E-state index contributed by atoms with van der Waals surface area (Å²) in [6, 6.07) is 0. The average molecular weight is 195 g/mol. The Kier molecular flexibility index (Phi) is 6.38. The molecule has 0 saturated heterocycles. The Bertz CT molecular complexity index is 88.9. The Morgan fingerprint density at radius 3 is 2.67 bits per heavy atom. The van der Waals surface area contributed by atoms with Crippen molar-refractivity contribution in [3.05, 3.63) is 10.8 Å². The molecule has 0 radical (unpaired) electrons. The zero-order valence-corrected chi connectivity index (χ0v) is 7.25. The van der Waals surface area contributed by atoms with Crippen LogP contribution in [0.5, 0.6) is 0 Å². The Balaban J connectivity index is 3.07. The highest BCUT2D eigenvalue weighted by Crippen LogP contribution is 2.10. The molecule has 0 rings (SSSR count). The van der Waals surface area contributed by atoms with Gasteiger partial charge in [0.05, 0.1) is 0 Å². The van der Waals surface area contributed by atoms with Crippen molar-refractivity contribution in [2.24, 2.45) is 0 Å². The number of allylic oxidation sites excluding steroid dienone is 1. The van der Waals surface area contributed by atoms with E-state index in [4.69, 9.17) is 0 Å². The summed E-state index contributed by atoms with van der Waals surface area (Å²) in [6.45, 7) is 2.11. The molecule has 0 nitrogen and oxygen atoms in total. The first-order valence-corrected chi connectivity index (χ1v) is 4.17. The molecule has 9 heavy (non-hydrogen) atoms. The fourth-order valence-electron chi connectivity index (χ4n) is 0.598. The predicted molar refractivity (Wildman–Crippen MR) is 42.3 cm³/mol. The van der Waals surface area contributed by atoms with Gasteiger partial charge in [-0.3, -0.25) is 0 Å². The van der Waals surface area contributed by atoms with Crippen LogP contribution in [0.1, 0.15) is 32.6 Å². The van der Waals surface area contributed by atoms with Gasteiger partial charge in [-0.15, -0.1) is 0 Å². The van der Waals surface area contributed by atoms with Gasteiger partial charge < -0.3 is 0 Å². The van der Waals surface area contributed by atoms with Gasteiger partial charge in [0.1, 0.15) is 5.83 Å². The average Bonchev–Trinajstić information content (AvgIpc) is 1.89. The second-order valence-electron chi connectivity index (χ2n) is 2.01. The quantitative estimate of drug-likeness (QED) is 0.599. The molecule has 0 amide bonds. The number of rotatable bonds is 4. The van der Waals surface area contributed by atoms with Crippen LogP contribution in [-0.4, -0.2) is 0 Å². The van der Waals surface area contributed by atoms with E-state index in [-0.39, 0.29) is 5.83 Å². The molecule has 0 atom stereocenters. The molecular formula is C7H12BrF. The zero-order valence-electron chi connectivity index (χ0n) is 5.66. The Morgan fingerprint density at radius 1 is 1.56 bits per heavy atom. The van der Waals surface area contributed by atoms with Crippen LogP contribution in [0.4, 0.5) is 4.39 Å². The Hall–Kier alpha value is 0.150. The molecule has 0 aliphatic rings. The van der Waals surface area contributed by atoms with E-state index in [1.54, 1.807) is 0 Å². The van der Waals surface area contributed by atoms with E-state index in [0.29, 0.717) is 6.42 Å². The van der Waals surface area contributed by atoms with Gasteiger partial charge in [0.2, 0.25) is 0 Å². The minimum Gasteiger partial charge on any atom is -0.211 e. The molecule has 0 aromatic rings. The van der Waals surface area contributed by atoms with Gasteiger partial charge in [0, 0.05) is 4.99 Å². The lowest BCUT2D eigenvalue weighted by Crippen LogP contribution is -1.74. The molecule has 0 aromatic heterocycles. The fourth-order valence-corrected chi connectivity index (χ4v) is 0.827. The number of unbranched alkanes of at least 4 members (excludes halogenated alkanes) is 2. The molecule has 0 N–H and O–H groups in total. The highest BCUT2D eigenvalue weighted by molar-refractivity contribution is 9.11. The van der Waals surface area contributed by atoms with Crippen molar-refractivity contribution in [1.29, 1.82) is 0 Å². The lowest BCUT2D eigenvalue weighted by Gasteiger charge is -1.93. The standard InChI is InChI=1S/C7H12BrF/c1-2-3-4-5-7(9)6-8/h6H,2-5H2,1H3/b7-6-. The van der Waals surface area contributed by atoms with Crippen LogP contribution in [0.15, 0.2) is 10.8 Å². The van der Waals surface area contributed by atoms with E-state index in [9.17, 15) is 4.39 Å². The fraction of sp³-hybridized carbons (Fsp3) is 0.714. The minimum absolute atomic E-state index is 0.0524. The van der Waals surface area contributed by atoms with Gasteiger partial charge in [0.25, 0.3) is 0 Å². The van der Waals surface area contributed by atoms with E-state index in [0.717, 1.165) is 19.3 Å². The van der Waals surface area contributed by atoms with E-state index in [1.165, 1.54) is 4.99 Å². The summed E-state index contributed by atoms with van der Waals surface area (Å²) < 4.78 is 12.3. The van der Waals surface area contributed by atoms with Crippen LogP contribution in [0.25, 0.3) is 0 Å². The lowest BCUT2D eigenvalue weighted by atomic mass is 10.2. The van der Waals surface area contributed by atoms with Crippen LogP contribution in [0.3, 0.4) is 0 Å². The first kappa shape index (κ1) is 9.15. The van der Waals surface area contributed by atoms with Gasteiger partial charge >= 0.3 is 0 Å². The molecule has 0 heterocycles. The third-order valence-electron chi connectivity index (χ3n) is 1.14. The van der Waals surface area contributed by atoms with Crippen molar-refractivity contribution in [2.45, 2.75) is 32.6 Å². The lowest BCUT2D eigenvalue weighted by molar-refractivity contribution is 0.563. The van der Waals surface area contributed by atoms with Gasteiger partial charge in [0.15, 0.2) is 0 Å². The monoisotopic (exact) mass is 194 g/mol. The SMILES string of the molecule is CCCCC/C(F)=C/Br. The van der Waals surface area contributed by atoms with Crippen LogP contribution >= 0.6 is 15.9 Å².